The molecule has 0 saturated heterocycles. The van der Waals surface area contributed by atoms with Gasteiger partial charge in [0.15, 0.2) is 11.5 Å². The SMILES string of the molecule is O=c1[nH]c2ccccc2n2c(-c3ccc(O)c(O)c3)cnc12. The number of benzene rings is 2. The third-order valence-electron chi connectivity index (χ3n) is 3.63. The second-order valence-electron chi connectivity index (χ2n) is 4.98. The van der Waals surface area contributed by atoms with Crippen molar-refractivity contribution in [3.63, 3.8) is 0 Å². The Balaban J connectivity index is 2.15. The summed E-state index contributed by atoms with van der Waals surface area (Å²) < 4.78 is 1.74. The molecule has 0 aliphatic heterocycles. The standard InChI is InChI=1S/C16H11N3O3/c20-13-6-5-9(7-14(13)21)12-8-17-15-16(22)18-10-3-1-2-4-11(10)19(12)15/h1-8,20-21H,(H,18,22). The molecule has 4 aromatic rings. The average Bonchev–Trinajstić information content (AvgIpc) is 2.96. The van der Waals surface area contributed by atoms with E-state index in [9.17, 15) is 15.0 Å². The Kier molecular flexibility index (Phi) is 2.47. The molecule has 6 heteroatoms. The highest BCUT2D eigenvalue weighted by atomic mass is 16.3. The van der Waals surface area contributed by atoms with Crippen LogP contribution in [-0.4, -0.2) is 24.6 Å². The molecule has 2 aromatic heterocycles. The van der Waals surface area contributed by atoms with E-state index in [2.05, 4.69) is 9.97 Å². The van der Waals surface area contributed by atoms with Crippen molar-refractivity contribution in [2.24, 2.45) is 0 Å². The molecule has 3 N–H and O–H groups in total. The first-order valence-electron chi connectivity index (χ1n) is 6.66. The molecule has 6 nitrogen and oxygen atoms in total. The maximum absolute atomic E-state index is 12.1. The molecule has 0 amide bonds. The van der Waals surface area contributed by atoms with E-state index in [1.807, 2.05) is 24.3 Å². The zero-order valence-electron chi connectivity index (χ0n) is 11.3. The fraction of sp³-hybridized carbons (Fsp3) is 0. The van der Waals surface area contributed by atoms with E-state index in [0.29, 0.717) is 16.8 Å². The van der Waals surface area contributed by atoms with Gasteiger partial charge in [0.1, 0.15) is 0 Å². The molecule has 4 rings (SSSR count). The van der Waals surface area contributed by atoms with Crippen LogP contribution in [-0.2, 0) is 0 Å². The maximum Gasteiger partial charge on any atom is 0.292 e. The summed E-state index contributed by atoms with van der Waals surface area (Å²) in [6.45, 7) is 0. The topological polar surface area (TPSA) is 90.6 Å². The molecule has 2 aromatic carbocycles. The first kappa shape index (κ1) is 12.5. The van der Waals surface area contributed by atoms with Crippen LogP contribution in [0.25, 0.3) is 27.9 Å². The van der Waals surface area contributed by atoms with Gasteiger partial charge < -0.3 is 15.2 Å². The van der Waals surface area contributed by atoms with Crippen LogP contribution in [0.3, 0.4) is 0 Å². The maximum atomic E-state index is 12.1. The summed E-state index contributed by atoms with van der Waals surface area (Å²) in [4.78, 5) is 19.1. The van der Waals surface area contributed by atoms with E-state index < -0.39 is 0 Å². The number of aromatic nitrogens is 3. The number of H-pyrrole nitrogens is 1. The van der Waals surface area contributed by atoms with Gasteiger partial charge >= 0.3 is 0 Å². The number of aromatic hydroxyl groups is 2. The monoisotopic (exact) mass is 293 g/mol. The summed E-state index contributed by atoms with van der Waals surface area (Å²) in [5.41, 5.74) is 2.81. The van der Waals surface area contributed by atoms with Gasteiger partial charge in [-0.25, -0.2) is 4.98 Å². The number of hydrogen-bond donors (Lipinski definition) is 3. The smallest absolute Gasteiger partial charge is 0.292 e. The Morgan fingerprint density at radius 3 is 2.68 bits per heavy atom. The molecule has 0 radical (unpaired) electrons. The van der Waals surface area contributed by atoms with Gasteiger partial charge in [0.05, 0.1) is 22.9 Å². The fourth-order valence-corrected chi connectivity index (χ4v) is 2.59. The zero-order valence-corrected chi connectivity index (χ0v) is 11.3. The first-order chi connectivity index (χ1) is 10.6. The van der Waals surface area contributed by atoms with E-state index in [0.717, 1.165) is 5.52 Å². The van der Waals surface area contributed by atoms with Crippen LogP contribution in [0, 0.1) is 0 Å². The van der Waals surface area contributed by atoms with Gasteiger partial charge in [-0.2, -0.15) is 0 Å². The summed E-state index contributed by atoms with van der Waals surface area (Å²) in [6.07, 6.45) is 1.57. The predicted molar refractivity (Wildman–Crippen MR) is 82.1 cm³/mol. The van der Waals surface area contributed by atoms with Crippen LogP contribution in [0.1, 0.15) is 0 Å². The van der Waals surface area contributed by atoms with Crippen molar-refractivity contribution in [2.75, 3.05) is 0 Å². The summed E-state index contributed by atoms with van der Waals surface area (Å²) in [6, 6.07) is 11.9. The van der Waals surface area contributed by atoms with Crippen molar-refractivity contribution in [1.29, 1.82) is 0 Å². The lowest BCUT2D eigenvalue weighted by Gasteiger charge is -2.07. The number of para-hydroxylation sites is 2. The number of nitrogens with one attached hydrogen (secondary N) is 1. The van der Waals surface area contributed by atoms with Gasteiger partial charge in [-0.1, -0.05) is 12.1 Å². The third kappa shape index (κ3) is 1.67. The molecule has 0 unspecified atom stereocenters. The second-order valence-corrected chi connectivity index (χ2v) is 4.98. The highest BCUT2D eigenvalue weighted by Crippen LogP contribution is 2.31. The van der Waals surface area contributed by atoms with Crippen LogP contribution in [0.5, 0.6) is 11.5 Å². The first-order valence-corrected chi connectivity index (χ1v) is 6.66. The minimum Gasteiger partial charge on any atom is -0.504 e. The Morgan fingerprint density at radius 2 is 1.86 bits per heavy atom. The number of phenols is 2. The van der Waals surface area contributed by atoms with E-state index in [1.54, 1.807) is 16.7 Å². The van der Waals surface area contributed by atoms with Crippen molar-refractivity contribution in [2.45, 2.75) is 0 Å². The molecule has 0 spiro atoms. The summed E-state index contributed by atoms with van der Waals surface area (Å²) in [5, 5.41) is 19.1. The second kappa shape index (κ2) is 4.36. The van der Waals surface area contributed by atoms with Crippen LogP contribution in [0.15, 0.2) is 53.5 Å². The lowest BCUT2D eigenvalue weighted by Crippen LogP contribution is -2.11. The molecular formula is C16H11N3O3. The van der Waals surface area contributed by atoms with Crippen LogP contribution in [0.4, 0.5) is 0 Å². The highest BCUT2D eigenvalue weighted by molar-refractivity contribution is 5.81. The van der Waals surface area contributed by atoms with Crippen molar-refractivity contribution in [1.82, 2.24) is 14.4 Å². The van der Waals surface area contributed by atoms with Crippen molar-refractivity contribution < 1.29 is 10.2 Å². The van der Waals surface area contributed by atoms with E-state index >= 15 is 0 Å². The van der Waals surface area contributed by atoms with Gasteiger partial charge in [0, 0.05) is 5.56 Å². The number of nitrogens with zero attached hydrogens (tertiary/aromatic N) is 2. The van der Waals surface area contributed by atoms with E-state index in [1.165, 1.54) is 12.1 Å². The number of aromatic amines is 1. The molecule has 2 heterocycles. The van der Waals surface area contributed by atoms with Gasteiger partial charge in [0.2, 0.25) is 5.65 Å². The lowest BCUT2D eigenvalue weighted by molar-refractivity contribution is 0.404. The Morgan fingerprint density at radius 1 is 1.05 bits per heavy atom. The number of rotatable bonds is 1. The Labute approximate surface area is 123 Å². The van der Waals surface area contributed by atoms with E-state index in [-0.39, 0.29) is 22.7 Å². The molecule has 22 heavy (non-hydrogen) atoms. The van der Waals surface area contributed by atoms with Crippen molar-refractivity contribution in [3.8, 4) is 22.8 Å². The molecule has 0 atom stereocenters. The number of phenolic OH excluding ortho intramolecular Hbond substituents is 2. The summed E-state index contributed by atoms with van der Waals surface area (Å²) >= 11 is 0. The van der Waals surface area contributed by atoms with Crippen molar-refractivity contribution in [3.05, 3.63) is 59.0 Å². The fourth-order valence-electron chi connectivity index (χ4n) is 2.59. The lowest BCUT2D eigenvalue weighted by atomic mass is 10.1. The molecule has 108 valence electrons. The predicted octanol–water partition coefficient (Wildman–Crippen LogP) is 2.25. The van der Waals surface area contributed by atoms with Crippen LogP contribution >= 0.6 is 0 Å². The van der Waals surface area contributed by atoms with Crippen LogP contribution < -0.4 is 5.56 Å². The van der Waals surface area contributed by atoms with E-state index in [4.69, 9.17) is 0 Å². The van der Waals surface area contributed by atoms with Crippen molar-refractivity contribution >= 4 is 16.7 Å². The zero-order chi connectivity index (χ0) is 15.3. The summed E-state index contributed by atoms with van der Waals surface area (Å²) in [7, 11) is 0. The van der Waals surface area contributed by atoms with Gasteiger partial charge in [-0.15, -0.1) is 0 Å². The molecule has 0 fully saturated rings. The molecule has 0 bridgehead atoms. The number of imidazole rings is 1. The molecule has 0 aliphatic rings. The average molecular weight is 293 g/mol. The normalized spacial score (nSPS) is 11.3. The largest absolute Gasteiger partial charge is 0.504 e. The quantitative estimate of drug-likeness (QED) is 0.469. The van der Waals surface area contributed by atoms with Gasteiger partial charge in [0.25, 0.3) is 5.56 Å². The summed E-state index contributed by atoms with van der Waals surface area (Å²) in [5.74, 6) is -0.415. The molecule has 0 aliphatic carbocycles. The van der Waals surface area contributed by atoms with Crippen LogP contribution in [0.2, 0.25) is 0 Å². The minimum absolute atomic E-state index is 0.194. The Bertz CT molecular complexity index is 1080. The number of hydrogen-bond acceptors (Lipinski definition) is 4. The number of fused-ring (bicyclic) bond motifs is 3. The van der Waals surface area contributed by atoms with Gasteiger partial charge in [-0.05, 0) is 30.3 Å². The van der Waals surface area contributed by atoms with Gasteiger partial charge in [-0.3, -0.25) is 9.20 Å². The Hall–Kier alpha value is -3.28. The highest BCUT2D eigenvalue weighted by Gasteiger charge is 2.13. The molecule has 0 saturated carbocycles. The molecular weight excluding hydrogens is 282 g/mol. The minimum atomic E-state index is -0.284. The third-order valence-corrected chi connectivity index (χ3v) is 3.63.